The molecule has 0 aliphatic heterocycles. The topological polar surface area (TPSA) is 62.5 Å². The normalized spacial score (nSPS) is 11.9. The summed E-state index contributed by atoms with van der Waals surface area (Å²) in [5.74, 6) is -0.355. The zero-order valence-corrected chi connectivity index (χ0v) is 15.3. The number of carbonyl (C=O) groups excluding carboxylic acids is 1. The summed E-state index contributed by atoms with van der Waals surface area (Å²) in [5.41, 5.74) is 2.49. The predicted octanol–water partition coefficient (Wildman–Crippen LogP) is 3.01. The van der Waals surface area contributed by atoms with E-state index in [0.717, 1.165) is 11.3 Å². The maximum Gasteiger partial charge on any atom is 0.401 e. The highest BCUT2D eigenvalue weighted by atomic mass is 19.4. The van der Waals surface area contributed by atoms with E-state index in [9.17, 15) is 18.0 Å². The van der Waals surface area contributed by atoms with Crippen molar-refractivity contribution in [2.75, 3.05) is 26.7 Å². The predicted molar refractivity (Wildman–Crippen MR) is 98.9 cm³/mol. The number of amides is 1. The summed E-state index contributed by atoms with van der Waals surface area (Å²) in [5, 5.41) is 6.99. The van der Waals surface area contributed by atoms with Crippen LogP contribution in [0.4, 0.5) is 13.2 Å². The largest absolute Gasteiger partial charge is 0.401 e. The summed E-state index contributed by atoms with van der Waals surface area (Å²) in [4.78, 5) is 17.9. The maximum atomic E-state index is 12.4. The van der Waals surface area contributed by atoms with E-state index in [1.165, 1.54) is 18.1 Å². The first-order valence-electron chi connectivity index (χ1n) is 8.77. The van der Waals surface area contributed by atoms with E-state index in [0.29, 0.717) is 17.6 Å². The lowest BCUT2D eigenvalue weighted by Crippen LogP contribution is -2.33. The molecule has 3 aromatic rings. The molecule has 6 nitrogen and oxygen atoms in total. The lowest BCUT2D eigenvalue weighted by atomic mass is 10.1. The maximum absolute atomic E-state index is 12.4. The molecule has 0 fully saturated rings. The average molecular weight is 391 g/mol. The van der Waals surface area contributed by atoms with Gasteiger partial charge < -0.3 is 5.32 Å². The number of fused-ring (bicyclic) bond motifs is 1. The zero-order valence-electron chi connectivity index (χ0n) is 15.3. The van der Waals surface area contributed by atoms with Gasteiger partial charge in [-0.1, -0.05) is 30.3 Å². The molecule has 0 unspecified atom stereocenters. The fraction of sp³-hybridized carbons (Fsp3) is 0.316. The molecule has 0 saturated heterocycles. The number of rotatable bonds is 7. The summed E-state index contributed by atoms with van der Waals surface area (Å²) in [6, 6.07) is 11.4. The van der Waals surface area contributed by atoms with E-state index in [1.54, 1.807) is 10.7 Å². The monoisotopic (exact) mass is 391 g/mol. The molecule has 9 heteroatoms. The van der Waals surface area contributed by atoms with Crippen molar-refractivity contribution in [1.29, 1.82) is 0 Å². The van der Waals surface area contributed by atoms with Gasteiger partial charge in [-0.05, 0) is 26.1 Å². The second-order valence-corrected chi connectivity index (χ2v) is 6.45. The van der Waals surface area contributed by atoms with Crippen LogP contribution in [0.5, 0.6) is 0 Å². The SMILES string of the molecule is CN(CCCNC(=O)c1cnn2c(-c3ccccc3)ccnc12)CC(F)(F)F. The van der Waals surface area contributed by atoms with Gasteiger partial charge in [0.05, 0.1) is 18.4 Å². The Bertz CT molecular complexity index is 940. The molecule has 0 bridgehead atoms. The van der Waals surface area contributed by atoms with Gasteiger partial charge in [-0.2, -0.15) is 18.3 Å². The molecule has 0 saturated carbocycles. The van der Waals surface area contributed by atoms with Crippen molar-refractivity contribution in [2.24, 2.45) is 0 Å². The third kappa shape index (κ3) is 4.86. The lowest BCUT2D eigenvalue weighted by molar-refractivity contribution is -0.143. The number of aromatic nitrogens is 3. The van der Waals surface area contributed by atoms with Crippen LogP contribution in [0, 0.1) is 0 Å². The molecule has 1 aromatic carbocycles. The van der Waals surface area contributed by atoms with Crippen molar-refractivity contribution in [3.8, 4) is 11.3 Å². The molecule has 2 heterocycles. The van der Waals surface area contributed by atoms with E-state index >= 15 is 0 Å². The molecule has 1 amide bonds. The second-order valence-electron chi connectivity index (χ2n) is 6.45. The Kier molecular flexibility index (Phi) is 5.93. The van der Waals surface area contributed by atoms with Gasteiger partial charge in [0.25, 0.3) is 5.91 Å². The summed E-state index contributed by atoms with van der Waals surface area (Å²) in [6.07, 6.45) is -0.764. The minimum atomic E-state index is -4.22. The van der Waals surface area contributed by atoms with E-state index in [1.807, 2.05) is 36.4 Å². The Hall–Kier alpha value is -2.94. The first kappa shape index (κ1) is 19.8. The van der Waals surface area contributed by atoms with Gasteiger partial charge in [-0.3, -0.25) is 9.69 Å². The van der Waals surface area contributed by atoms with E-state index in [2.05, 4.69) is 15.4 Å². The Balaban J connectivity index is 1.64. The van der Waals surface area contributed by atoms with Crippen molar-refractivity contribution in [1.82, 2.24) is 24.8 Å². The highest BCUT2D eigenvalue weighted by Crippen LogP contribution is 2.20. The van der Waals surface area contributed by atoms with Crippen molar-refractivity contribution < 1.29 is 18.0 Å². The zero-order chi connectivity index (χ0) is 20.1. The van der Waals surface area contributed by atoms with Crippen LogP contribution in [-0.2, 0) is 0 Å². The Labute approximate surface area is 160 Å². The molecule has 0 spiro atoms. The number of nitrogens with one attached hydrogen (secondary N) is 1. The van der Waals surface area contributed by atoms with Gasteiger partial charge in [0.15, 0.2) is 5.65 Å². The number of hydrogen-bond acceptors (Lipinski definition) is 4. The van der Waals surface area contributed by atoms with Crippen LogP contribution in [0.1, 0.15) is 16.8 Å². The molecule has 0 radical (unpaired) electrons. The number of nitrogens with zero attached hydrogens (tertiary/aromatic N) is 4. The summed E-state index contributed by atoms with van der Waals surface area (Å²) in [6.45, 7) is -0.483. The van der Waals surface area contributed by atoms with Crippen molar-refractivity contribution in [3.05, 3.63) is 54.4 Å². The minimum absolute atomic E-state index is 0.227. The molecule has 148 valence electrons. The van der Waals surface area contributed by atoms with Gasteiger partial charge >= 0.3 is 6.18 Å². The van der Waals surface area contributed by atoms with E-state index in [-0.39, 0.29) is 19.0 Å². The highest BCUT2D eigenvalue weighted by molar-refractivity contribution is 5.99. The van der Waals surface area contributed by atoms with Crippen LogP contribution in [0.25, 0.3) is 16.9 Å². The Morgan fingerprint density at radius 1 is 1.21 bits per heavy atom. The molecule has 2 aromatic heterocycles. The molecule has 0 aliphatic rings. The summed E-state index contributed by atoms with van der Waals surface area (Å²) >= 11 is 0. The molecule has 3 rings (SSSR count). The first-order chi connectivity index (χ1) is 13.3. The molecule has 1 N–H and O–H groups in total. The van der Waals surface area contributed by atoms with Crippen LogP contribution in [0.3, 0.4) is 0 Å². The quantitative estimate of drug-likeness (QED) is 0.629. The van der Waals surface area contributed by atoms with Crippen molar-refractivity contribution in [3.63, 3.8) is 0 Å². The average Bonchev–Trinajstić information content (AvgIpc) is 3.08. The van der Waals surface area contributed by atoms with Gasteiger partial charge in [0.2, 0.25) is 0 Å². The Morgan fingerprint density at radius 3 is 2.68 bits per heavy atom. The van der Waals surface area contributed by atoms with Crippen LogP contribution < -0.4 is 5.32 Å². The number of halogens is 3. The van der Waals surface area contributed by atoms with Gasteiger partial charge in [-0.25, -0.2) is 9.50 Å². The third-order valence-corrected chi connectivity index (χ3v) is 4.17. The van der Waals surface area contributed by atoms with Crippen molar-refractivity contribution >= 4 is 11.6 Å². The number of hydrogen-bond donors (Lipinski definition) is 1. The third-order valence-electron chi connectivity index (χ3n) is 4.17. The van der Waals surface area contributed by atoms with Gasteiger partial charge in [-0.15, -0.1) is 0 Å². The second kappa shape index (κ2) is 8.39. The van der Waals surface area contributed by atoms with Crippen LogP contribution in [0.15, 0.2) is 48.8 Å². The standard InChI is InChI=1S/C19H20F3N5O/c1-26(13-19(20,21)22)11-5-9-24-18(28)15-12-25-27-16(8-10-23-17(15)27)14-6-3-2-4-7-14/h2-4,6-8,10,12H,5,9,11,13H2,1H3,(H,24,28). The van der Waals surface area contributed by atoms with Crippen LogP contribution in [-0.4, -0.2) is 58.3 Å². The molecular formula is C19H20F3N5O. The number of alkyl halides is 3. The summed E-state index contributed by atoms with van der Waals surface area (Å²) < 4.78 is 38.5. The fourth-order valence-electron chi connectivity index (χ4n) is 2.91. The summed E-state index contributed by atoms with van der Waals surface area (Å²) in [7, 11) is 1.40. The van der Waals surface area contributed by atoms with Crippen LogP contribution in [0.2, 0.25) is 0 Å². The first-order valence-corrected chi connectivity index (χ1v) is 8.77. The van der Waals surface area contributed by atoms with Gasteiger partial charge in [0, 0.05) is 18.3 Å². The number of carbonyl (C=O) groups is 1. The smallest absolute Gasteiger partial charge is 0.352 e. The number of benzene rings is 1. The van der Waals surface area contributed by atoms with Crippen molar-refractivity contribution in [2.45, 2.75) is 12.6 Å². The fourth-order valence-corrected chi connectivity index (χ4v) is 2.91. The van der Waals surface area contributed by atoms with Gasteiger partial charge in [0.1, 0.15) is 5.56 Å². The Morgan fingerprint density at radius 2 is 1.96 bits per heavy atom. The van der Waals surface area contributed by atoms with Crippen LogP contribution >= 0.6 is 0 Å². The highest BCUT2D eigenvalue weighted by Gasteiger charge is 2.28. The molecule has 0 atom stereocenters. The molecule has 28 heavy (non-hydrogen) atoms. The lowest BCUT2D eigenvalue weighted by Gasteiger charge is -2.18. The molecular weight excluding hydrogens is 371 g/mol. The molecule has 0 aliphatic carbocycles. The van der Waals surface area contributed by atoms with E-state index < -0.39 is 12.7 Å². The minimum Gasteiger partial charge on any atom is -0.352 e. The van der Waals surface area contributed by atoms with E-state index in [4.69, 9.17) is 0 Å².